The molecule has 0 saturated carbocycles. The molecule has 108 valence electrons. The van der Waals surface area contributed by atoms with Crippen LogP contribution in [0.2, 0.25) is 5.02 Å². The number of halogens is 1. The van der Waals surface area contributed by atoms with Crippen molar-refractivity contribution in [3.8, 4) is 0 Å². The van der Waals surface area contributed by atoms with Gasteiger partial charge in [0.05, 0.1) is 0 Å². The van der Waals surface area contributed by atoms with Crippen molar-refractivity contribution >= 4 is 29.2 Å². The number of benzene rings is 1. The fourth-order valence-electron chi connectivity index (χ4n) is 1.78. The van der Waals surface area contributed by atoms with Gasteiger partial charge in [0.15, 0.2) is 0 Å². The predicted octanol–water partition coefficient (Wildman–Crippen LogP) is 1.84. The molecule has 0 unspecified atom stereocenters. The summed E-state index contributed by atoms with van der Waals surface area (Å²) in [7, 11) is 0. The minimum Gasteiger partial charge on any atom is -0.477 e. The highest BCUT2D eigenvalue weighted by atomic mass is 35.5. The maximum Gasteiger partial charge on any atom is 0.352 e. The SMILES string of the molecule is O=C(Cn1c(C(=O)O)cccc1=O)Nc1cccc(Cl)c1. The molecule has 0 bridgehead atoms. The van der Waals surface area contributed by atoms with Crippen LogP contribution in [-0.4, -0.2) is 21.6 Å². The van der Waals surface area contributed by atoms with Gasteiger partial charge in [-0.2, -0.15) is 0 Å². The molecule has 2 aromatic rings. The zero-order valence-electron chi connectivity index (χ0n) is 10.7. The number of carbonyl (C=O) groups is 2. The lowest BCUT2D eigenvalue weighted by Crippen LogP contribution is -2.30. The van der Waals surface area contributed by atoms with Crippen molar-refractivity contribution in [2.45, 2.75) is 6.54 Å². The number of amides is 1. The molecule has 2 N–H and O–H groups in total. The molecule has 2 rings (SSSR count). The Morgan fingerprint density at radius 3 is 2.57 bits per heavy atom. The van der Waals surface area contributed by atoms with Gasteiger partial charge >= 0.3 is 5.97 Å². The number of hydrogen-bond donors (Lipinski definition) is 2. The van der Waals surface area contributed by atoms with Gasteiger partial charge in [-0.3, -0.25) is 14.2 Å². The Bertz CT molecular complexity index is 755. The van der Waals surface area contributed by atoms with Gasteiger partial charge in [-0.15, -0.1) is 0 Å². The first-order chi connectivity index (χ1) is 9.97. The number of nitrogens with one attached hydrogen (secondary N) is 1. The lowest BCUT2D eigenvalue weighted by molar-refractivity contribution is -0.116. The zero-order chi connectivity index (χ0) is 15.4. The minimum atomic E-state index is -1.27. The van der Waals surface area contributed by atoms with Gasteiger partial charge in [0.25, 0.3) is 5.56 Å². The summed E-state index contributed by atoms with van der Waals surface area (Å²) in [6.07, 6.45) is 0. The van der Waals surface area contributed by atoms with Crippen LogP contribution in [0.4, 0.5) is 5.69 Å². The van der Waals surface area contributed by atoms with Gasteiger partial charge in [0, 0.05) is 16.8 Å². The van der Waals surface area contributed by atoms with Crippen molar-refractivity contribution in [2.24, 2.45) is 0 Å². The van der Waals surface area contributed by atoms with Gasteiger partial charge in [-0.1, -0.05) is 23.7 Å². The summed E-state index contributed by atoms with van der Waals surface area (Å²) in [6.45, 7) is -0.395. The van der Waals surface area contributed by atoms with Gasteiger partial charge in [-0.25, -0.2) is 4.79 Å². The van der Waals surface area contributed by atoms with Gasteiger partial charge in [0.1, 0.15) is 12.2 Å². The molecule has 7 heteroatoms. The van der Waals surface area contributed by atoms with E-state index in [4.69, 9.17) is 16.7 Å². The topological polar surface area (TPSA) is 88.4 Å². The van der Waals surface area contributed by atoms with E-state index in [2.05, 4.69) is 5.32 Å². The number of aromatic nitrogens is 1. The van der Waals surface area contributed by atoms with Crippen LogP contribution in [0.15, 0.2) is 47.3 Å². The molecule has 6 nitrogen and oxygen atoms in total. The number of hydrogen-bond acceptors (Lipinski definition) is 3. The van der Waals surface area contributed by atoms with Crippen LogP contribution >= 0.6 is 11.6 Å². The number of rotatable bonds is 4. The third-order valence-electron chi connectivity index (χ3n) is 2.68. The molecular formula is C14H11ClN2O4. The Balaban J connectivity index is 2.21. The zero-order valence-corrected chi connectivity index (χ0v) is 11.5. The first-order valence-electron chi connectivity index (χ1n) is 5.96. The van der Waals surface area contributed by atoms with Crippen LogP contribution in [0, 0.1) is 0 Å². The van der Waals surface area contributed by atoms with E-state index in [1.165, 1.54) is 18.2 Å². The van der Waals surface area contributed by atoms with Crippen LogP contribution in [0.25, 0.3) is 0 Å². The molecular weight excluding hydrogens is 296 g/mol. The summed E-state index contributed by atoms with van der Waals surface area (Å²) in [6, 6.07) is 10.3. The van der Waals surface area contributed by atoms with E-state index in [1.807, 2.05) is 0 Å². The standard InChI is InChI=1S/C14H11ClN2O4/c15-9-3-1-4-10(7-9)16-12(18)8-17-11(14(20)21)5-2-6-13(17)19/h1-7H,8H2,(H,16,18)(H,20,21). The van der Waals surface area contributed by atoms with Crippen LogP contribution in [0.5, 0.6) is 0 Å². The molecule has 0 spiro atoms. The number of carboxylic acids is 1. The second kappa shape index (κ2) is 6.23. The van der Waals surface area contributed by atoms with E-state index in [-0.39, 0.29) is 5.69 Å². The lowest BCUT2D eigenvalue weighted by atomic mass is 10.3. The van der Waals surface area contributed by atoms with E-state index in [1.54, 1.807) is 24.3 Å². The highest BCUT2D eigenvalue weighted by Gasteiger charge is 2.13. The Labute approximate surface area is 124 Å². The molecule has 0 aliphatic heterocycles. The Kier molecular flexibility index (Phi) is 4.39. The maximum absolute atomic E-state index is 11.9. The first-order valence-corrected chi connectivity index (χ1v) is 6.34. The molecule has 0 aliphatic rings. The first kappa shape index (κ1) is 14.8. The van der Waals surface area contributed by atoms with E-state index in [0.29, 0.717) is 10.7 Å². The summed E-state index contributed by atoms with van der Waals surface area (Å²) in [5.41, 5.74) is -0.340. The van der Waals surface area contributed by atoms with E-state index in [0.717, 1.165) is 4.57 Å². The average molecular weight is 307 g/mol. The normalized spacial score (nSPS) is 10.1. The number of pyridine rings is 1. The smallest absolute Gasteiger partial charge is 0.352 e. The van der Waals surface area contributed by atoms with Gasteiger partial charge in [-0.05, 0) is 24.3 Å². The molecule has 0 aliphatic carbocycles. The molecule has 0 fully saturated rings. The molecule has 1 aromatic carbocycles. The predicted molar refractivity (Wildman–Crippen MR) is 77.7 cm³/mol. The molecule has 21 heavy (non-hydrogen) atoms. The molecule has 0 saturated heterocycles. The second-order valence-electron chi connectivity index (χ2n) is 4.20. The summed E-state index contributed by atoms with van der Waals surface area (Å²) < 4.78 is 0.891. The maximum atomic E-state index is 11.9. The largest absolute Gasteiger partial charge is 0.477 e. The van der Waals surface area contributed by atoms with Gasteiger partial charge < -0.3 is 10.4 Å². The molecule has 1 aromatic heterocycles. The van der Waals surface area contributed by atoms with Crippen molar-refractivity contribution < 1.29 is 14.7 Å². The van der Waals surface area contributed by atoms with Crippen molar-refractivity contribution in [2.75, 3.05) is 5.32 Å². The summed E-state index contributed by atoms with van der Waals surface area (Å²) in [5.74, 6) is -1.80. The molecule has 1 amide bonds. The minimum absolute atomic E-state index is 0.247. The quantitative estimate of drug-likeness (QED) is 0.902. The third-order valence-corrected chi connectivity index (χ3v) is 2.91. The molecule has 0 atom stereocenters. The van der Waals surface area contributed by atoms with Crippen LogP contribution in [0.1, 0.15) is 10.5 Å². The van der Waals surface area contributed by atoms with Gasteiger partial charge in [0.2, 0.25) is 5.91 Å². The van der Waals surface area contributed by atoms with E-state index < -0.39 is 24.0 Å². The second-order valence-corrected chi connectivity index (χ2v) is 4.64. The van der Waals surface area contributed by atoms with E-state index in [9.17, 15) is 14.4 Å². The fraction of sp³-hybridized carbons (Fsp3) is 0.0714. The number of anilines is 1. The monoisotopic (exact) mass is 306 g/mol. The number of carboxylic acid groups (broad SMARTS) is 1. The van der Waals surface area contributed by atoms with Crippen LogP contribution < -0.4 is 10.9 Å². The highest BCUT2D eigenvalue weighted by Crippen LogP contribution is 2.14. The average Bonchev–Trinajstić information content (AvgIpc) is 2.40. The summed E-state index contributed by atoms with van der Waals surface area (Å²) in [5, 5.41) is 12.0. The number of carbonyl (C=O) groups excluding carboxylic acids is 1. The van der Waals surface area contributed by atoms with Crippen molar-refractivity contribution in [3.05, 3.63) is 63.5 Å². The highest BCUT2D eigenvalue weighted by molar-refractivity contribution is 6.30. The molecule has 0 radical (unpaired) electrons. The van der Waals surface area contributed by atoms with Crippen molar-refractivity contribution in [1.29, 1.82) is 0 Å². The fourth-order valence-corrected chi connectivity index (χ4v) is 1.97. The Morgan fingerprint density at radius 1 is 1.19 bits per heavy atom. The number of aromatic carboxylic acids is 1. The lowest BCUT2D eigenvalue weighted by Gasteiger charge is -2.10. The summed E-state index contributed by atoms with van der Waals surface area (Å²) in [4.78, 5) is 34.6. The van der Waals surface area contributed by atoms with Crippen LogP contribution in [-0.2, 0) is 11.3 Å². The Morgan fingerprint density at radius 2 is 1.90 bits per heavy atom. The van der Waals surface area contributed by atoms with E-state index >= 15 is 0 Å². The Hall–Kier alpha value is -2.60. The van der Waals surface area contributed by atoms with Crippen LogP contribution in [0.3, 0.4) is 0 Å². The summed E-state index contributed by atoms with van der Waals surface area (Å²) >= 11 is 5.80. The molecule has 1 heterocycles. The van der Waals surface area contributed by atoms with Crippen molar-refractivity contribution in [1.82, 2.24) is 4.57 Å². The third kappa shape index (κ3) is 3.70. The number of nitrogens with zero attached hydrogens (tertiary/aromatic N) is 1. The van der Waals surface area contributed by atoms with Crippen molar-refractivity contribution in [3.63, 3.8) is 0 Å².